The molecule has 0 aliphatic rings. The summed E-state index contributed by atoms with van der Waals surface area (Å²) in [6, 6.07) is 55.5. The first kappa shape index (κ1) is 25.3. The molecule has 0 amide bonds. The number of aromatic nitrogens is 2. The molecule has 0 saturated heterocycles. The Morgan fingerprint density at radius 3 is 1.67 bits per heavy atom. The average molecular weight is 567 g/mol. The molecule has 0 radical (unpaired) electrons. The van der Waals surface area contributed by atoms with Gasteiger partial charge in [-0.15, -0.1) is 11.3 Å². The molecule has 2 aromatic heterocycles. The van der Waals surface area contributed by atoms with Crippen LogP contribution in [0, 0.1) is 0 Å². The maximum atomic E-state index is 5.28. The van der Waals surface area contributed by atoms with Crippen molar-refractivity contribution in [3.05, 3.63) is 158 Å². The number of hydrogen-bond acceptors (Lipinski definition) is 3. The Labute approximate surface area is 254 Å². The van der Waals surface area contributed by atoms with Crippen LogP contribution in [0.4, 0.5) is 0 Å². The number of benzene rings is 6. The van der Waals surface area contributed by atoms with Gasteiger partial charge in [-0.2, -0.15) is 0 Å². The van der Waals surface area contributed by atoms with Crippen molar-refractivity contribution in [1.82, 2.24) is 9.97 Å². The normalized spacial score (nSPS) is 11.3. The lowest BCUT2D eigenvalue weighted by atomic mass is 9.91. The number of fused-ring (bicyclic) bond motifs is 3. The number of thiophene rings is 1. The topological polar surface area (TPSA) is 25.8 Å². The lowest BCUT2D eigenvalue weighted by Gasteiger charge is -2.15. The fourth-order valence-electron chi connectivity index (χ4n) is 5.84. The number of hydrogen-bond donors (Lipinski definition) is 0. The Morgan fingerprint density at radius 1 is 0.395 bits per heavy atom. The van der Waals surface area contributed by atoms with E-state index in [1.54, 1.807) is 0 Å². The standard InChI is InChI=1S/C40H26N2S/c1-4-12-27(13-5-1)28-20-22-29(23-21-28)32-24-25-37-39(33-18-10-11-19-36(33)43-37)38(32)35-26-34(30-14-6-2-7-15-30)41-40(42-35)31-16-8-3-9-17-31/h1-26H. The summed E-state index contributed by atoms with van der Waals surface area (Å²) in [4.78, 5) is 10.3. The van der Waals surface area contributed by atoms with E-state index >= 15 is 0 Å². The van der Waals surface area contributed by atoms with E-state index in [1.807, 2.05) is 35.6 Å². The average Bonchev–Trinajstić information content (AvgIpc) is 3.48. The molecule has 2 heterocycles. The Kier molecular flexibility index (Phi) is 6.36. The molecule has 0 aliphatic heterocycles. The van der Waals surface area contributed by atoms with Crippen LogP contribution in [0.25, 0.3) is 76.3 Å². The first-order valence-electron chi connectivity index (χ1n) is 14.4. The summed E-state index contributed by atoms with van der Waals surface area (Å²) in [5.74, 6) is 0.721. The molecule has 2 nitrogen and oxygen atoms in total. The minimum absolute atomic E-state index is 0.721. The van der Waals surface area contributed by atoms with Gasteiger partial charge in [0.15, 0.2) is 5.82 Å². The van der Waals surface area contributed by atoms with E-state index in [0.717, 1.165) is 45.0 Å². The molecular weight excluding hydrogens is 541 g/mol. The summed E-state index contributed by atoms with van der Waals surface area (Å²) in [6.45, 7) is 0. The quantitative estimate of drug-likeness (QED) is 0.207. The highest BCUT2D eigenvalue weighted by Gasteiger charge is 2.20. The molecule has 202 valence electrons. The zero-order valence-corrected chi connectivity index (χ0v) is 24.1. The first-order valence-corrected chi connectivity index (χ1v) is 15.2. The SMILES string of the molecule is c1ccc(-c2ccc(-c3ccc4sc5ccccc5c4c3-c3cc(-c4ccccc4)nc(-c4ccccc4)n3)cc2)cc1. The molecule has 8 aromatic rings. The fraction of sp³-hybridized carbons (Fsp3) is 0. The maximum absolute atomic E-state index is 5.28. The van der Waals surface area contributed by atoms with Crippen LogP contribution in [0.2, 0.25) is 0 Å². The minimum Gasteiger partial charge on any atom is -0.228 e. The molecule has 8 rings (SSSR count). The van der Waals surface area contributed by atoms with E-state index in [9.17, 15) is 0 Å². The monoisotopic (exact) mass is 566 g/mol. The predicted octanol–water partition coefficient (Wildman–Crippen LogP) is 11.2. The second kappa shape index (κ2) is 10.8. The van der Waals surface area contributed by atoms with Crippen molar-refractivity contribution >= 4 is 31.5 Å². The Balaban J connectivity index is 1.42. The van der Waals surface area contributed by atoms with Gasteiger partial charge in [0.2, 0.25) is 0 Å². The van der Waals surface area contributed by atoms with E-state index in [2.05, 4.69) is 133 Å². The van der Waals surface area contributed by atoms with Gasteiger partial charge >= 0.3 is 0 Å². The van der Waals surface area contributed by atoms with E-state index in [0.29, 0.717) is 0 Å². The van der Waals surface area contributed by atoms with Gasteiger partial charge in [0.25, 0.3) is 0 Å². The highest BCUT2D eigenvalue weighted by atomic mass is 32.1. The Bertz CT molecular complexity index is 2140. The van der Waals surface area contributed by atoms with Crippen LogP contribution in [0.3, 0.4) is 0 Å². The van der Waals surface area contributed by atoms with E-state index in [1.165, 1.54) is 31.3 Å². The lowest BCUT2D eigenvalue weighted by molar-refractivity contribution is 1.19. The van der Waals surface area contributed by atoms with Gasteiger partial charge in [-0.3, -0.25) is 0 Å². The van der Waals surface area contributed by atoms with Gasteiger partial charge in [-0.1, -0.05) is 140 Å². The fourth-order valence-corrected chi connectivity index (χ4v) is 6.96. The summed E-state index contributed by atoms with van der Waals surface area (Å²) in [7, 11) is 0. The van der Waals surface area contributed by atoms with E-state index in [4.69, 9.17) is 9.97 Å². The van der Waals surface area contributed by atoms with Crippen molar-refractivity contribution in [2.45, 2.75) is 0 Å². The molecule has 0 saturated carbocycles. The van der Waals surface area contributed by atoms with Gasteiger partial charge in [0, 0.05) is 36.9 Å². The zero-order chi connectivity index (χ0) is 28.6. The molecule has 0 atom stereocenters. The van der Waals surface area contributed by atoms with Crippen molar-refractivity contribution in [3.63, 3.8) is 0 Å². The van der Waals surface area contributed by atoms with E-state index < -0.39 is 0 Å². The van der Waals surface area contributed by atoms with Crippen LogP contribution in [-0.4, -0.2) is 9.97 Å². The van der Waals surface area contributed by atoms with Crippen molar-refractivity contribution in [2.75, 3.05) is 0 Å². The molecular formula is C40H26N2S. The van der Waals surface area contributed by atoms with E-state index in [-0.39, 0.29) is 0 Å². The van der Waals surface area contributed by atoms with Gasteiger partial charge in [-0.25, -0.2) is 9.97 Å². The minimum atomic E-state index is 0.721. The smallest absolute Gasteiger partial charge is 0.160 e. The highest BCUT2D eigenvalue weighted by Crippen LogP contribution is 2.45. The Morgan fingerprint density at radius 2 is 0.953 bits per heavy atom. The largest absolute Gasteiger partial charge is 0.228 e. The van der Waals surface area contributed by atoms with Crippen LogP contribution in [0.15, 0.2) is 158 Å². The number of nitrogens with zero attached hydrogens (tertiary/aromatic N) is 2. The Hall–Kier alpha value is -5.38. The van der Waals surface area contributed by atoms with Crippen molar-refractivity contribution in [2.24, 2.45) is 0 Å². The van der Waals surface area contributed by atoms with Crippen LogP contribution in [0.1, 0.15) is 0 Å². The number of rotatable bonds is 5. The first-order chi connectivity index (χ1) is 21.3. The summed E-state index contributed by atoms with van der Waals surface area (Å²) in [5, 5.41) is 2.49. The third kappa shape index (κ3) is 4.70. The van der Waals surface area contributed by atoms with Crippen LogP contribution in [0.5, 0.6) is 0 Å². The molecule has 0 bridgehead atoms. The van der Waals surface area contributed by atoms with Gasteiger partial charge in [0.05, 0.1) is 11.4 Å². The van der Waals surface area contributed by atoms with Gasteiger partial charge in [0.1, 0.15) is 0 Å². The van der Waals surface area contributed by atoms with Crippen molar-refractivity contribution in [1.29, 1.82) is 0 Å². The molecule has 0 fully saturated rings. The van der Waals surface area contributed by atoms with Gasteiger partial charge in [-0.05, 0) is 40.5 Å². The van der Waals surface area contributed by atoms with Crippen LogP contribution >= 0.6 is 11.3 Å². The highest BCUT2D eigenvalue weighted by molar-refractivity contribution is 7.26. The summed E-state index contributed by atoms with van der Waals surface area (Å²) < 4.78 is 2.53. The maximum Gasteiger partial charge on any atom is 0.160 e. The second-order valence-electron chi connectivity index (χ2n) is 10.6. The molecule has 0 spiro atoms. The summed E-state index contributed by atoms with van der Waals surface area (Å²) >= 11 is 1.83. The van der Waals surface area contributed by atoms with Crippen LogP contribution in [-0.2, 0) is 0 Å². The molecule has 0 unspecified atom stereocenters. The molecule has 3 heteroatoms. The van der Waals surface area contributed by atoms with Crippen molar-refractivity contribution < 1.29 is 0 Å². The predicted molar refractivity (Wildman–Crippen MR) is 182 cm³/mol. The zero-order valence-electron chi connectivity index (χ0n) is 23.3. The molecule has 0 N–H and O–H groups in total. The van der Waals surface area contributed by atoms with Crippen LogP contribution < -0.4 is 0 Å². The second-order valence-corrected chi connectivity index (χ2v) is 11.7. The molecule has 0 aliphatic carbocycles. The van der Waals surface area contributed by atoms with Crippen molar-refractivity contribution in [3.8, 4) is 56.2 Å². The molecule has 43 heavy (non-hydrogen) atoms. The van der Waals surface area contributed by atoms with Gasteiger partial charge < -0.3 is 0 Å². The third-order valence-corrected chi connectivity index (χ3v) is 9.07. The summed E-state index contributed by atoms with van der Waals surface area (Å²) in [5.41, 5.74) is 9.77. The lowest BCUT2D eigenvalue weighted by Crippen LogP contribution is -1.97. The summed E-state index contributed by atoms with van der Waals surface area (Å²) in [6.07, 6.45) is 0. The third-order valence-electron chi connectivity index (χ3n) is 7.93. The molecule has 6 aromatic carbocycles.